The van der Waals surface area contributed by atoms with Gasteiger partial charge in [0, 0.05) is 13.1 Å². The van der Waals surface area contributed by atoms with Crippen LogP contribution < -0.4 is 16.2 Å². The summed E-state index contributed by atoms with van der Waals surface area (Å²) in [5.41, 5.74) is 2.45. The maximum absolute atomic E-state index is 9.04. The van der Waals surface area contributed by atoms with Gasteiger partial charge >= 0.3 is 0 Å². The maximum Gasteiger partial charge on any atom is 0.160 e. The number of ether oxygens (including phenoxy) is 1. The normalized spacial score (nSPS) is 20.9. The molecule has 0 aliphatic carbocycles. The van der Waals surface area contributed by atoms with E-state index in [0.717, 1.165) is 12.4 Å². The van der Waals surface area contributed by atoms with Crippen molar-refractivity contribution in [1.29, 1.82) is 0 Å². The molecule has 4 N–H and O–H groups in total. The molecule has 1 aliphatic heterocycles. The fourth-order valence-electron chi connectivity index (χ4n) is 1.62. The van der Waals surface area contributed by atoms with Crippen molar-refractivity contribution >= 4 is 11.6 Å². The molecule has 1 atom stereocenters. The minimum absolute atomic E-state index is 0.0127. The van der Waals surface area contributed by atoms with Crippen molar-refractivity contribution < 1.29 is 9.84 Å². The monoisotopic (exact) mass is 225 g/mol. The van der Waals surface area contributed by atoms with Gasteiger partial charge in [0.05, 0.1) is 31.7 Å². The molecular weight excluding hydrogens is 210 g/mol. The van der Waals surface area contributed by atoms with E-state index in [9.17, 15) is 0 Å². The van der Waals surface area contributed by atoms with Gasteiger partial charge in [0.1, 0.15) is 5.82 Å². The van der Waals surface area contributed by atoms with Gasteiger partial charge in [-0.2, -0.15) is 0 Å². The summed E-state index contributed by atoms with van der Waals surface area (Å²) in [4.78, 5) is 10.3. The largest absolute Gasteiger partial charge is 0.394 e. The van der Waals surface area contributed by atoms with E-state index in [1.807, 2.05) is 4.90 Å². The molecule has 0 bridgehead atoms. The van der Waals surface area contributed by atoms with Crippen LogP contribution in [0.1, 0.15) is 0 Å². The number of aromatic nitrogens is 2. The van der Waals surface area contributed by atoms with E-state index in [-0.39, 0.29) is 12.7 Å². The zero-order valence-corrected chi connectivity index (χ0v) is 8.83. The van der Waals surface area contributed by atoms with Crippen molar-refractivity contribution in [2.75, 3.05) is 36.6 Å². The quantitative estimate of drug-likeness (QED) is 0.446. The number of morpholine rings is 1. The summed E-state index contributed by atoms with van der Waals surface area (Å²) in [6, 6.07) is 0. The van der Waals surface area contributed by atoms with Crippen LogP contribution in [0.4, 0.5) is 11.6 Å². The first-order chi connectivity index (χ1) is 7.83. The number of nitrogens with zero attached hydrogens (tertiary/aromatic N) is 3. The van der Waals surface area contributed by atoms with Gasteiger partial charge in [0.2, 0.25) is 0 Å². The van der Waals surface area contributed by atoms with Crippen LogP contribution in [0, 0.1) is 0 Å². The molecule has 1 unspecified atom stereocenters. The summed E-state index contributed by atoms with van der Waals surface area (Å²) >= 11 is 0. The average Bonchev–Trinajstić information content (AvgIpc) is 2.39. The molecule has 0 spiro atoms. The highest BCUT2D eigenvalue weighted by atomic mass is 16.5. The van der Waals surface area contributed by atoms with Crippen LogP contribution in [0.2, 0.25) is 0 Å². The number of anilines is 2. The highest BCUT2D eigenvalue weighted by Crippen LogP contribution is 2.15. The number of aliphatic hydroxyl groups excluding tert-OH is 1. The van der Waals surface area contributed by atoms with E-state index in [4.69, 9.17) is 15.7 Å². The number of hydrogen-bond donors (Lipinski definition) is 3. The summed E-state index contributed by atoms with van der Waals surface area (Å²) in [7, 11) is 0. The molecule has 1 aliphatic rings. The molecule has 7 nitrogen and oxygen atoms in total. The van der Waals surface area contributed by atoms with E-state index in [1.54, 1.807) is 12.4 Å². The summed E-state index contributed by atoms with van der Waals surface area (Å²) in [5.74, 6) is 6.52. The smallest absolute Gasteiger partial charge is 0.160 e. The first-order valence-corrected chi connectivity index (χ1v) is 5.09. The van der Waals surface area contributed by atoms with E-state index >= 15 is 0 Å². The number of nitrogens with one attached hydrogen (secondary N) is 1. The van der Waals surface area contributed by atoms with E-state index in [0.29, 0.717) is 19.0 Å². The number of nitrogens with two attached hydrogens (primary N) is 1. The topological polar surface area (TPSA) is 96.5 Å². The Bertz CT molecular complexity index is 348. The van der Waals surface area contributed by atoms with E-state index in [1.165, 1.54) is 0 Å². The number of hydrogen-bond acceptors (Lipinski definition) is 7. The fourth-order valence-corrected chi connectivity index (χ4v) is 1.62. The van der Waals surface area contributed by atoms with Crippen molar-refractivity contribution in [2.24, 2.45) is 5.84 Å². The van der Waals surface area contributed by atoms with Crippen LogP contribution in [-0.4, -0.2) is 47.5 Å². The molecule has 0 aromatic carbocycles. The van der Waals surface area contributed by atoms with Gasteiger partial charge in [0.15, 0.2) is 5.82 Å². The number of hydrazine groups is 1. The molecule has 1 aromatic rings. The Morgan fingerprint density at radius 3 is 3.25 bits per heavy atom. The summed E-state index contributed by atoms with van der Waals surface area (Å²) in [6.45, 7) is 1.93. The number of rotatable bonds is 3. The van der Waals surface area contributed by atoms with Gasteiger partial charge in [-0.05, 0) is 0 Å². The Labute approximate surface area is 93.2 Å². The molecule has 16 heavy (non-hydrogen) atoms. The van der Waals surface area contributed by atoms with Crippen molar-refractivity contribution in [3.05, 3.63) is 12.4 Å². The standard InChI is InChI=1S/C9H15N5O2/c10-13-8-3-11-4-9(12-8)14-1-2-16-7(5-14)6-15/h3-4,7,15H,1-2,5-6,10H2,(H,12,13). The third kappa shape index (κ3) is 2.38. The molecular formula is C9H15N5O2. The third-order valence-electron chi connectivity index (χ3n) is 2.44. The minimum Gasteiger partial charge on any atom is -0.394 e. The number of aliphatic hydroxyl groups is 1. The Morgan fingerprint density at radius 2 is 2.50 bits per heavy atom. The molecule has 1 aromatic heterocycles. The number of nitrogen functional groups attached to an aromatic ring is 1. The lowest BCUT2D eigenvalue weighted by molar-refractivity contribution is 0.00335. The van der Waals surface area contributed by atoms with Gasteiger partial charge in [0.25, 0.3) is 0 Å². The predicted molar refractivity (Wildman–Crippen MR) is 58.9 cm³/mol. The van der Waals surface area contributed by atoms with Crippen LogP contribution in [0.5, 0.6) is 0 Å². The second-order valence-corrected chi connectivity index (χ2v) is 3.53. The molecule has 1 saturated heterocycles. The van der Waals surface area contributed by atoms with Gasteiger partial charge in [-0.1, -0.05) is 0 Å². The average molecular weight is 225 g/mol. The van der Waals surface area contributed by atoms with Gasteiger partial charge < -0.3 is 20.2 Å². The Morgan fingerprint density at radius 1 is 1.62 bits per heavy atom. The Balaban J connectivity index is 2.10. The third-order valence-corrected chi connectivity index (χ3v) is 2.44. The first-order valence-electron chi connectivity index (χ1n) is 5.09. The lowest BCUT2D eigenvalue weighted by atomic mass is 10.3. The van der Waals surface area contributed by atoms with Gasteiger partial charge in [-0.25, -0.2) is 10.8 Å². The molecule has 1 fully saturated rings. The molecule has 2 heterocycles. The SMILES string of the molecule is NNc1cncc(N2CCOC(CO)C2)n1. The van der Waals surface area contributed by atoms with Crippen molar-refractivity contribution in [3.8, 4) is 0 Å². The van der Waals surface area contributed by atoms with E-state index in [2.05, 4.69) is 15.4 Å². The highest BCUT2D eigenvalue weighted by Gasteiger charge is 2.20. The van der Waals surface area contributed by atoms with Crippen molar-refractivity contribution in [3.63, 3.8) is 0 Å². The second kappa shape index (κ2) is 5.06. The Kier molecular flexibility index (Phi) is 3.50. The minimum atomic E-state index is -0.162. The molecule has 88 valence electrons. The zero-order valence-electron chi connectivity index (χ0n) is 8.83. The van der Waals surface area contributed by atoms with Crippen LogP contribution >= 0.6 is 0 Å². The maximum atomic E-state index is 9.04. The van der Waals surface area contributed by atoms with Crippen LogP contribution in [0.25, 0.3) is 0 Å². The predicted octanol–water partition coefficient (Wildman–Crippen LogP) is -1.04. The van der Waals surface area contributed by atoms with E-state index < -0.39 is 0 Å². The fraction of sp³-hybridized carbons (Fsp3) is 0.556. The lowest BCUT2D eigenvalue weighted by Gasteiger charge is -2.32. The van der Waals surface area contributed by atoms with Gasteiger partial charge in [-0.15, -0.1) is 0 Å². The lowest BCUT2D eigenvalue weighted by Crippen LogP contribution is -2.44. The molecule has 0 saturated carbocycles. The molecule has 7 heteroatoms. The summed E-state index contributed by atoms with van der Waals surface area (Å²) in [5, 5.41) is 9.04. The second-order valence-electron chi connectivity index (χ2n) is 3.53. The van der Waals surface area contributed by atoms with Crippen LogP contribution in [0.15, 0.2) is 12.4 Å². The molecule has 0 radical (unpaired) electrons. The summed E-state index contributed by atoms with van der Waals surface area (Å²) in [6.07, 6.45) is 3.05. The zero-order chi connectivity index (χ0) is 11.4. The molecule has 0 amide bonds. The van der Waals surface area contributed by atoms with Crippen LogP contribution in [-0.2, 0) is 4.74 Å². The van der Waals surface area contributed by atoms with Crippen LogP contribution in [0.3, 0.4) is 0 Å². The molecule has 2 rings (SSSR count). The van der Waals surface area contributed by atoms with Gasteiger partial charge in [-0.3, -0.25) is 4.98 Å². The van der Waals surface area contributed by atoms with Crippen molar-refractivity contribution in [1.82, 2.24) is 9.97 Å². The Hall–Kier alpha value is -1.44. The van der Waals surface area contributed by atoms with Crippen molar-refractivity contribution in [2.45, 2.75) is 6.10 Å². The highest BCUT2D eigenvalue weighted by molar-refractivity contribution is 5.43. The first kappa shape index (κ1) is 11.1. The summed E-state index contributed by atoms with van der Waals surface area (Å²) < 4.78 is 5.36.